The summed E-state index contributed by atoms with van der Waals surface area (Å²) in [6, 6.07) is 26.4. The average Bonchev–Trinajstić information content (AvgIpc) is 2.73. The van der Waals surface area contributed by atoms with Crippen LogP contribution < -0.4 is 15.9 Å². The Morgan fingerprint density at radius 3 is 1.38 bits per heavy atom. The standard InChI is InChI=1S/C21H21P.C5H8O2/c1-16-10-4-7-13-19(16)22(20-14-8-5-11-17(20)2)21-15-9-6-12-18(21)3;1-3-5(6)7-4-2/h4-15H,1-3H3;3H,1,4H2,2H3. The highest BCUT2D eigenvalue weighted by Gasteiger charge is 2.20. The lowest BCUT2D eigenvalue weighted by Gasteiger charge is -2.24. The lowest BCUT2D eigenvalue weighted by Crippen LogP contribution is -2.25. The molecule has 0 bridgehead atoms. The van der Waals surface area contributed by atoms with Gasteiger partial charge < -0.3 is 4.74 Å². The Kier molecular flexibility index (Phi) is 8.83. The second kappa shape index (κ2) is 11.3. The summed E-state index contributed by atoms with van der Waals surface area (Å²) < 4.78 is 4.43. The van der Waals surface area contributed by atoms with Crippen molar-refractivity contribution < 1.29 is 9.53 Å². The number of rotatable bonds is 5. The maximum atomic E-state index is 10.1. The summed E-state index contributed by atoms with van der Waals surface area (Å²) in [6.45, 7) is 12.0. The van der Waals surface area contributed by atoms with E-state index in [-0.39, 0.29) is 5.97 Å². The van der Waals surface area contributed by atoms with Crippen molar-refractivity contribution in [3.8, 4) is 0 Å². The quantitative estimate of drug-likeness (QED) is 0.336. The zero-order valence-corrected chi connectivity index (χ0v) is 18.6. The molecular formula is C26H29O2P. The highest BCUT2D eigenvalue weighted by molar-refractivity contribution is 7.80. The molecule has 0 spiro atoms. The summed E-state index contributed by atoms with van der Waals surface area (Å²) in [5.74, 6) is -0.359. The van der Waals surface area contributed by atoms with Crippen LogP contribution in [0.3, 0.4) is 0 Å². The van der Waals surface area contributed by atoms with Crippen LogP contribution in [-0.4, -0.2) is 12.6 Å². The molecule has 0 aliphatic rings. The van der Waals surface area contributed by atoms with E-state index in [4.69, 9.17) is 0 Å². The fourth-order valence-corrected chi connectivity index (χ4v) is 5.80. The Morgan fingerprint density at radius 2 is 1.14 bits per heavy atom. The summed E-state index contributed by atoms with van der Waals surface area (Å²) in [6.07, 6.45) is 1.14. The SMILES string of the molecule is C=CC(=O)OCC.Cc1ccccc1P(c1ccccc1C)c1ccccc1C. The highest BCUT2D eigenvalue weighted by atomic mass is 31.1. The summed E-state index contributed by atoms with van der Waals surface area (Å²) in [5.41, 5.74) is 4.13. The summed E-state index contributed by atoms with van der Waals surface area (Å²) in [4.78, 5) is 10.1. The lowest BCUT2D eigenvalue weighted by atomic mass is 10.2. The maximum Gasteiger partial charge on any atom is 0.330 e. The fourth-order valence-electron chi connectivity index (χ4n) is 3.03. The van der Waals surface area contributed by atoms with Gasteiger partial charge in [0.05, 0.1) is 6.61 Å². The van der Waals surface area contributed by atoms with E-state index in [1.54, 1.807) is 6.92 Å². The summed E-state index contributed by atoms with van der Waals surface area (Å²) in [7, 11) is -0.508. The smallest absolute Gasteiger partial charge is 0.330 e. The second-order valence-corrected chi connectivity index (χ2v) is 8.77. The molecule has 0 aliphatic heterocycles. The molecule has 0 unspecified atom stereocenters. The molecule has 3 heteroatoms. The first kappa shape index (κ1) is 22.6. The molecular weight excluding hydrogens is 375 g/mol. The van der Waals surface area contributed by atoms with E-state index in [0.717, 1.165) is 6.08 Å². The number of carbonyl (C=O) groups is 1. The van der Waals surface area contributed by atoms with Crippen LogP contribution in [-0.2, 0) is 9.53 Å². The Hall–Kier alpha value is -2.70. The van der Waals surface area contributed by atoms with Crippen LogP contribution in [0.1, 0.15) is 23.6 Å². The largest absolute Gasteiger partial charge is 0.463 e. The Bertz CT molecular complexity index is 854. The fraction of sp³-hybridized carbons (Fsp3) is 0.192. The van der Waals surface area contributed by atoms with Crippen molar-refractivity contribution in [1.29, 1.82) is 0 Å². The van der Waals surface area contributed by atoms with E-state index < -0.39 is 7.92 Å². The number of ether oxygens (including phenoxy) is 1. The van der Waals surface area contributed by atoms with E-state index in [9.17, 15) is 4.79 Å². The molecule has 3 aromatic rings. The van der Waals surface area contributed by atoms with Crippen molar-refractivity contribution in [3.05, 3.63) is 102 Å². The predicted octanol–water partition coefficient (Wildman–Crippen LogP) is 5.11. The first-order valence-electron chi connectivity index (χ1n) is 9.75. The van der Waals surface area contributed by atoms with Gasteiger partial charge in [0.25, 0.3) is 0 Å². The molecule has 0 saturated heterocycles. The van der Waals surface area contributed by atoms with Gasteiger partial charge in [0.1, 0.15) is 0 Å². The molecule has 2 nitrogen and oxygen atoms in total. The van der Waals surface area contributed by atoms with Gasteiger partial charge in [0.15, 0.2) is 0 Å². The normalized spacial score (nSPS) is 10.1. The van der Waals surface area contributed by atoms with Crippen LogP contribution in [0.2, 0.25) is 0 Å². The van der Waals surface area contributed by atoms with Crippen molar-refractivity contribution in [2.24, 2.45) is 0 Å². The van der Waals surface area contributed by atoms with E-state index in [1.165, 1.54) is 32.6 Å². The molecule has 3 rings (SSSR count). The van der Waals surface area contributed by atoms with Gasteiger partial charge in [-0.25, -0.2) is 4.79 Å². The number of hydrogen-bond acceptors (Lipinski definition) is 2. The molecule has 0 fully saturated rings. The van der Waals surface area contributed by atoms with Gasteiger partial charge >= 0.3 is 5.97 Å². The molecule has 0 aromatic heterocycles. The predicted molar refractivity (Wildman–Crippen MR) is 126 cm³/mol. The Balaban J connectivity index is 0.000000370. The maximum absolute atomic E-state index is 10.1. The number of aryl methyl sites for hydroxylation is 3. The molecule has 3 aromatic carbocycles. The zero-order chi connectivity index (χ0) is 21.2. The molecule has 150 valence electrons. The van der Waals surface area contributed by atoms with Crippen molar-refractivity contribution in [2.75, 3.05) is 6.61 Å². The first-order valence-corrected chi connectivity index (χ1v) is 11.1. The minimum Gasteiger partial charge on any atom is -0.463 e. The average molecular weight is 404 g/mol. The third kappa shape index (κ3) is 6.14. The van der Waals surface area contributed by atoms with Crippen LogP contribution in [0.4, 0.5) is 0 Å². The number of benzene rings is 3. The zero-order valence-electron chi connectivity index (χ0n) is 17.7. The molecule has 0 aliphatic carbocycles. The third-order valence-electron chi connectivity index (χ3n) is 4.52. The van der Waals surface area contributed by atoms with Gasteiger partial charge in [0.2, 0.25) is 0 Å². The summed E-state index contributed by atoms with van der Waals surface area (Å²) in [5, 5.41) is 4.38. The third-order valence-corrected chi connectivity index (χ3v) is 7.47. The van der Waals surface area contributed by atoms with Crippen molar-refractivity contribution in [3.63, 3.8) is 0 Å². The van der Waals surface area contributed by atoms with E-state index >= 15 is 0 Å². The van der Waals surface area contributed by atoms with Gasteiger partial charge in [-0.2, -0.15) is 0 Å². The molecule has 0 amide bonds. The van der Waals surface area contributed by atoms with Gasteiger partial charge in [0, 0.05) is 6.08 Å². The van der Waals surface area contributed by atoms with Crippen molar-refractivity contribution >= 4 is 29.8 Å². The summed E-state index contributed by atoms with van der Waals surface area (Å²) >= 11 is 0. The van der Waals surface area contributed by atoms with E-state index in [0.29, 0.717) is 6.61 Å². The topological polar surface area (TPSA) is 26.3 Å². The van der Waals surface area contributed by atoms with Crippen LogP contribution in [0, 0.1) is 20.8 Å². The number of carbonyl (C=O) groups excluding carboxylic acids is 1. The second-order valence-electron chi connectivity index (χ2n) is 6.65. The minimum atomic E-state index is -0.508. The number of esters is 1. The highest BCUT2D eigenvalue weighted by Crippen LogP contribution is 2.36. The van der Waals surface area contributed by atoms with Crippen molar-refractivity contribution in [1.82, 2.24) is 0 Å². The monoisotopic (exact) mass is 404 g/mol. The Morgan fingerprint density at radius 1 is 0.793 bits per heavy atom. The molecule has 0 N–H and O–H groups in total. The minimum absolute atomic E-state index is 0.359. The van der Waals surface area contributed by atoms with Gasteiger partial charge in [-0.3, -0.25) is 0 Å². The molecule has 0 atom stereocenters. The van der Waals surface area contributed by atoms with E-state index in [2.05, 4.69) is 105 Å². The lowest BCUT2D eigenvalue weighted by molar-refractivity contribution is -0.137. The molecule has 29 heavy (non-hydrogen) atoms. The van der Waals surface area contributed by atoms with Crippen LogP contribution in [0.5, 0.6) is 0 Å². The molecule has 0 heterocycles. The van der Waals surface area contributed by atoms with Crippen LogP contribution >= 0.6 is 7.92 Å². The first-order chi connectivity index (χ1) is 14.0. The van der Waals surface area contributed by atoms with Gasteiger partial charge in [-0.15, -0.1) is 0 Å². The van der Waals surface area contributed by atoms with Gasteiger partial charge in [-0.1, -0.05) is 79.4 Å². The van der Waals surface area contributed by atoms with E-state index in [1.807, 2.05) is 0 Å². The Labute approximate surface area is 176 Å². The van der Waals surface area contributed by atoms with Crippen molar-refractivity contribution in [2.45, 2.75) is 27.7 Å². The number of hydrogen-bond donors (Lipinski definition) is 0. The van der Waals surface area contributed by atoms with Crippen LogP contribution in [0.15, 0.2) is 85.5 Å². The molecule has 0 saturated carbocycles. The van der Waals surface area contributed by atoms with Crippen LogP contribution in [0.25, 0.3) is 0 Å². The van der Waals surface area contributed by atoms with Gasteiger partial charge in [-0.05, 0) is 68.2 Å². The molecule has 0 radical (unpaired) electrons.